The van der Waals surface area contributed by atoms with Gasteiger partial charge in [0.1, 0.15) is 12.4 Å². The zero-order valence-electron chi connectivity index (χ0n) is 12.0. The fourth-order valence-corrected chi connectivity index (χ4v) is 1.95. The summed E-state index contributed by atoms with van der Waals surface area (Å²) in [6.45, 7) is 0.278. The molecule has 110 valence electrons. The predicted octanol–water partition coefficient (Wildman–Crippen LogP) is 2.95. The number of anilines is 1. The van der Waals surface area contributed by atoms with Crippen LogP contribution in [0.2, 0.25) is 0 Å². The third-order valence-electron chi connectivity index (χ3n) is 3.13. The summed E-state index contributed by atoms with van der Waals surface area (Å²) in [6, 6.07) is 15.0. The molecule has 4 nitrogen and oxygen atoms in total. The molecule has 0 fully saturated rings. The van der Waals surface area contributed by atoms with Crippen molar-refractivity contribution >= 4 is 11.7 Å². The first-order chi connectivity index (χ1) is 10.2. The molecule has 0 amide bonds. The molecule has 0 unspecified atom stereocenters. The first kappa shape index (κ1) is 14.9. The van der Waals surface area contributed by atoms with E-state index in [9.17, 15) is 4.79 Å². The van der Waals surface area contributed by atoms with Crippen molar-refractivity contribution in [2.45, 2.75) is 19.4 Å². The van der Waals surface area contributed by atoms with Crippen LogP contribution in [0.1, 0.15) is 17.5 Å². The van der Waals surface area contributed by atoms with Crippen LogP contribution < -0.4 is 10.5 Å². The molecule has 0 saturated carbocycles. The second-order valence-corrected chi connectivity index (χ2v) is 4.75. The molecular formula is C17H19NO3. The average Bonchev–Trinajstić information content (AvgIpc) is 2.51. The van der Waals surface area contributed by atoms with Crippen molar-refractivity contribution < 1.29 is 14.3 Å². The van der Waals surface area contributed by atoms with Gasteiger partial charge in [-0.3, -0.25) is 4.79 Å². The van der Waals surface area contributed by atoms with Crippen molar-refractivity contribution in [3.63, 3.8) is 0 Å². The van der Waals surface area contributed by atoms with Gasteiger partial charge in [-0.1, -0.05) is 24.3 Å². The van der Waals surface area contributed by atoms with Crippen LogP contribution >= 0.6 is 0 Å². The fraction of sp³-hybridized carbons (Fsp3) is 0.235. The predicted molar refractivity (Wildman–Crippen MR) is 82.0 cm³/mol. The molecule has 2 aromatic carbocycles. The normalized spacial score (nSPS) is 10.1. The molecule has 0 aliphatic heterocycles. The van der Waals surface area contributed by atoms with Gasteiger partial charge in [0.05, 0.1) is 7.11 Å². The number of nitrogen functional groups attached to an aromatic ring is 1. The molecule has 0 radical (unpaired) electrons. The van der Waals surface area contributed by atoms with E-state index in [-0.39, 0.29) is 12.6 Å². The van der Waals surface area contributed by atoms with Gasteiger partial charge < -0.3 is 15.2 Å². The third-order valence-corrected chi connectivity index (χ3v) is 3.13. The summed E-state index contributed by atoms with van der Waals surface area (Å²) in [5.41, 5.74) is 8.38. The maximum atomic E-state index is 11.7. The summed E-state index contributed by atoms with van der Waals surface area (Å²) >= 11 is 0. The number of esters is 1. The number of carbonyl (C=O) groups is 1. The standard InChI is InChI=1S/C17H19NO3/c1-20-16-8-5-14(6-9-16)12-21-17(19)10-7-13-3-2-4-15(18)11-13/h2-6,8-9,11H,7,10,12,18H2,1H3. The topological polar surface area (TPSA) is 61.5 Å². The molecule has 2 rings (SSSR count). The Morgan fingerprint density at radius 3 is 2.52 bits per heavy atom. The Balaban J connectivity index is 1.76. The summed E-state index contributed by atoms with van der Waals surface area (Å²) in [5, 5.41) is 0. The molecule has 0 atom stereocenters. The minimum atomic E-state index is -0.215. The van der Waals surface area contributed by atoms with Crippen LogP contribution in [0.4, 0.5) is 5.69 Å². The highest BCUT2D eigenvalue weighted by atomic mass is 16.5. The van der Waals surface area contributed by atoms with E-state index in [1.54, 1.807) is 7.11 Å². The van der Waals surface area contributed by atoms with Crippen LogP contribution in [0.25, 0.3) is 0 Å². The largest absolute Gasteiger partial charge is 0.497 e. The van der Waals surface area contributed by atoms with Crippen molar-refractivity contribution in [3.8, 4) is 5.75 Å². The average molecular weight is 285 g/mol. The lowest BCUT2D eigenvalue weighted by molar-refractivity contribution is -0.144. The Hall–Kier alpha value is -2.49. The molecule has 2 N–H and O–H groups in total. The maximum Gasteiger partial charge on any atom is 0.306 e. The van der Waals surface area contributed by atoms with E-state index in [1.807, 2.05) is 48.5 Å². The first-order valence-corrected chi connectivity index (χ1v) is 6.80. The van der Waals surface area contributed by atoms with Gasteiger partial charge in [0.15, 0.2) is 0 Å². The van der Waals surface area contributed by atoms with Gasteiger partial charge in [0.25, 0.3) is 0 Å². The Morgan fingerprint density at radius 2 is 1.86 bits per heavy atom. The molecule has 0 bridgehead atoms. The van der Waals surface area contributed by atoms with E-state index >= 15 is 0 Å². The zero-order chi connectivity index (χ0) is 15.1. The third kappa shape index (κ3) is 4.84. The van der Waals surface area contributed by atoms with Crippen LogP contribution in [0.15, 0.2) is 48.5 Å². The highest BCUT2D eigenvalue weighted by molar-refractivity contribution is 5.69. The summed E-state index contributed by atoms with van der Waals surface area (Å²) in [5.74, 6) is 0.569. The van der Waals surface area contributed by atoms with Crippen molar-refractivity contribution in [2.75, 3.05) is 12.8 Å². The van der Waals surface area contributed by atoms with Crippen LogP contribution in [0.3, 0.4) is 0 Å². The number of aryl methyl sites for hydroxylation is 1. The fourth-order valence-electron chi connectivity index (χ4n) is 1.95. The van der Waals surface area contributed by atoms with E-state index < -0.39 is 0 Å². The van der Waals surface area contributed by atoms with Crippen LogP contribution in [-0.4, -0.2) is 13.1 Å². The van der Waals surface area contributed by atoms with Crippen molar-refractivity contribution in [1.82, 2.24) is 0 Å². The Morgan fingerprint density at radius 1 is 1.10 bits per heavy atom. The van der Waals surface area contributed by atoms with Gasteiger partial charge in [-0.15, -0.1) is 0 Å². The van der Waals surface area contributed by atoms with Crippen LogP contribution in [0, 0.1) is 0 Å². The molecule has 2 aromatic rings. The van der Waals surface area contributed by atoms with E-state index in [0.29, 0.717) is 18.5 Å². The van der Waals surface area contributed by atoms with Gasteiger partial charge in [-0.05, 0) is 41.8 Å². The maximum absolute atomic E-state index is 11.7. The van der Waals surface area contributed by atoms with Crippen LogP contribution in [0.5, 0.6) is 5.75 Å². The minimum Gasteiger partial charge on any atom is -0.497 e. The van der Waals surface area contributed by atoms with E-state index in [2.05, 4.69) is 0 Å². The lowest BCUT2D eigenvalue weighted by atomic mass is 10.1. The molecule has 0 aromatic heterocycles. The number of rotatable bonds is 6. The number of carbonyl (C=O) groups excluding carboxylic acids is 1. The highest BCUT2D eigenvalue weighted by Gasteiger charge is 2.05. The smallest absolute Gasteiger partial charge is 0.306 e. The number of benzene rings is 2. The first-order valence-electron chi connectivity index (χ1n) is 6.80. The van der Waals surface area contributed by atoms with E-state index in [4.69, 9.17) is 15.2 Å². The Labute approximate surface area is 124 Å². The van der Waals surface area contributed by atoms with Gasteiger partial charge >= 0.3 is 5.97 Å². The number of ether oxygens (including phenoxy) is 2. The van der Waals surface area contributed by atoms with Crippen molar-refractivity contribution in [1.29, 1.82) is 0 Å². The number of hydrogen-bond donors (Lipinski definition) is 1. The van der Waals surface area contributed by atoms with E-state index in [1.165, 1.54) is 0 Å². The molecule has 0 spiro atoms. The zero-order valence-corrected chi connectivity index (χ0v) is 12.0. The molecule has 0 saturated heterocycles. The Kier molecular flexibility index (Phi) is 5.21. The second kappa shape index (κ2) is 7.33. The quantitative estimate of drug-likeness (QED) is 0.654. The van der Waals surface area contributed by atoms with Crippen molar-refractivity contribution in [2.24, 2.45) is 0 Å². The summed E-state index contributed by atoms with van der Waals surface area (Å²) in [7, 11) is 1.62. The van der Waals surface area contributed by atoms with Gasteiger partial charge in [-0.25, -0.2) is 0 Å². The summed E-state index contributed by atoms with van der Waals surface area (Å²) in [4.78, 5) is 11.7. The minimum absolute atomic E-state index is 0.215. The highest BCUT2D eigenvalue weighted by Crippen LogP contribution is 2.13. The number of nitrogens with two attached hydrogens (primary N) is 1. The van der Waals surface area contributed by atoms with Crippen molar-refractivity contribution in [3.05, 3.63) is 59.7 Å². The SMILES string of the molecule is COc1ccc(COC(=O)CCc2cccc(N)c2)cc1. The molecule has 4 heteroatoms. The van der Waals surface area contributed by atoms with Gasteiger partial charge in [0.2, 0.25) is 0 Å². The lowest BCUT2D eigenvalue weighted by Crippen LogP contribution is -2.06. The summed E-state index contributed by atoms with van der Waals surface area (Å²) in [6.07, 6.45) is 0.978. The molecular weight excluding hydrogens is 266 g/mol. The monoisotopic (exact) mass is 285 g/mol. The van der Waals surface area contributed by atoms with Gasteiger partial charge in [-0.2, -0.15) is 0 Å². The molecule has 0 aliphatic rings. The van der Waals surface area contributed by atoms with Crippen LogP contribution in [-0.2, 0) is 22.6 Å². The molecule has 21 heavy (non-hydrogen) atoms. The molecule has 0 heterocycles. The Bertz CT molecular complexity index is 593. The number of hydrogen-bond acceptors (Lipinski definition) is 4. The summed E-state index contributed by atoms with van der Waals surface area (Å²) < 4.78 is 10.3. The van der Waals surface area contributed by atoms with Gasteiger partial charge in [0, 0.05) is 12.1 Å². The molecule has 0 aliphatic carbocycles. The lowest BCUT2D eigenvalue weighted by Gasteiger charge is -2.06. The number of methoxy groups -OCH3 is 1. The second-order valence-electron chi connectivity index (χ2n) is 4.75. The van der Waals surface area contributed by atoms with E-state index in [0.717, 1.165) is 16.9 Å².